The first-order chi connectivity index (χ1) is 10.2. The molecule has 1 aromatic carbocycles. The Bertz CT molecular complexity index is 585. The van der Waals surface area contributed by atoms with E-state index >= 15 is 0 Å². The minimum atomic E-state index is 0.0874. The highest BCUT2D eigenvalue weighted by Gasteiger charge is 2.23. The van der Waals surface area contributed by atoms with Gasteiger partial charge in [0.25, 0.3) is 0 Å². The number of benzene rings is 1. The maximum atomic E-state index is 5.59. The Morgan fingerprint density at radius 1 is 1.24 bits per heavy atom. The normalized spacial score (nSPS) is 12.2. The van der Waals surface area contributed by atoms with Crippen LogP contribution in [0.1, 0.15) is 29.8 Å². The molecule has 0 saturated carbocycles. The zero-order valence-corrected chi connectivity index (χ0v) is 14.9. The monoisotopic (exact) mass is 369 g/mol. The minimum absolute atomic E-state index is 0.0874. The molecule has 0 bridgehead atoms. The maximum Gasteiger partial charge on any atom is 0.165 e. The molecular formula is C16H20BrNO2S. The molecule has 0 saturated heterocycles. The van der Waals surface area contributed by atoms with Crippen LogP contribution in [0.3, 0.4) is 0 Å². The minimum Gasteiger partial charge on any atom is -0.493 e. The molecule has 5 heteroatoms. The molecule has 114 valence electrons. The number of rotatable bonds is 7. The average molecular weight is 370 g/mol. The fourth-order valence-electron chi connectivity index (χ4n) is 2.28. The van der Waals surface area contributed by atoms with Crippen molar-refractivity contribution in [3.63, 3.8) is 0 Å². The summed E-state index contributed by atoms with van der Waals surface area (Å²) in [7, 11) is 3.35. The number of nitrogens with one attached hydrogen (secondary N) is 1. The predicted octanol–water partition coefficient (Wildman–Crippen LogP) is 4.62. The molecule has 0 spiro atoms. The topological polar surface area (TPSA) is 30.5 Å². The summed E-state index contributed by atoms with van der Waals surface area (Å²) >= 11 is 5.37. The molecule has 0 aliphatic heterocycles. The SMILES string of the molecule is CCCNC(c1cccc(OC)c1OC)c1sccc1Br. The Kier molecular flexibility index (Phi) is 6.08. The Morgan fingerprint density at radius 2 is 2.05 bits per heavy atom. The van der Waals surface area contributed by atoms with Crippen LogP contribution in [-0.4, -0.2) is 20.8 Å². The lowest BCUT2D eigenvalue weighted by Crippen LogP contribution is -2.23. The van der Waals surface area contributed by atoms with Gasteiger partial charge >= 0.3 is 0 Å². The van der Waals surface area contributed by atoms with Crippen molar-refractivity contribution in [1.82, 2.24) is 5.32 Å². The van der Waals surface area contributed by atoms with E-state index in [0.717, 1.165) is 34.5 Å². The molecule has 3 nitrogen and oxygen atoms in total. The quantitative estimate of drug-likeness (QED) is 0.772. The summed E-state index contributed by atoms with van der Waals surface area (Å²) in [5.41, 5.74) is 1.09. The van der Waals surface area contributed by atoms with Crippen molar-refractivity contribution < 1.29 is 9.47 Å². The van der Waals surface area contributed by atoms with Gasteiger partial charge in [-0.2, -0.15) is 0 Å². The van der Waals surface area contributed by atoms with Crippen molar-refractivity contribution in [2.24, 2.45) is 0 Å². The van der Waals surface area contributed by atoms with E-state index < -0.39 is 0 Å². The van der Waals surface area contributed by atoms with Gasteiger partial charge in [-0.3, -0.25) is 0 Å². The lowest BCUT2D eigenvalue weighted by Gasteiger charge is -2.22. The molecule has 1 unspecified atom stereocenters. The highest BCUT2D eigenvalue weighted by Crippen LogP contribution is 2.40. The van der Waals surface area contributed by atoms with Gasteiger partial charge in [-0.1, -0.05) is 19.1 Å². The molecule has 0 amide bonds. The third kappa shape index (κ3) is 3.59. The first-order valence-electron chi connectivity index (χ1n) is 6.90. The number of thiophene rings is 1. The maximum absolute atomic E-state index is 5.59. The van der Waals surface area contributed by atoms with Crippen LogP contribution in [0.15, 0.2) is 34.1 Å². The summed E-state index contributed by atoms with van der Waals surface area (Å²) in [5.74, 6) is 1.54. The van der Waals surface area contributed by atoms with E-state index in [2.05, 4.69) is 45.7 Å². The Hall–Kier alpha value is -1.04. The third-order valence-corrected chi connectivity index (χ3v) is 5.19. The van der Waals surface area contributed by atoms with E-state index in [1.807, 2.05) is 12.1 Å². The van der Waals surface area contributed by atoms with Crippen LogP contribution in [0.2, 0.25) is 0 Å². The number of methoxy groups -OCH3 is 2. The molecule has 1 aromatic heterocycles. The molecule has 1 N–H and O–H groups in total. The molecule has 0 radical (unpaired) electrons. The summed E-state index contributed by atoms with van der Waals surface area (Å²) in [6.07, 6.45) is 1.08. The van der Waals surface area contributed by atoms with Gasteiger partial charge in [0, 0.05) is 14.9 Å². The summed E-state index contributed by atoms with van der Waals surface area (Å²) in [6, 6.07) is 8.17. The van der Waals surface area contributed by atoms with Crippen molar-refractivity contribution in [2.45, 2.75) is 19.4 Å². The predicted molar refractivity (Wildman–Crippen MR) is 91.7 cm³/mol. The van der Waals surface area contributed by atoms with Crippen molar-refractivity contribution >= 4 is 27.3 Å². The third-order valence-electron chi connectivity index (χ3n) is 3.25. The first kappa shape index (κ1) is 16.3. The van der Waals surface area contributed by atoms with Crippen molar-refractivity contribution in [2.75, 3.05) is 20.8 Å². The van der Waals surface area contributed by atoms with Gasteiger partial charge in [0.1, 0.15) is 0 Å². The van der Waals surface area contributed by atoms with Crippen LogP contribution >= 0.6 is 27.3 Å². The van der Waals surface area contributed by atoms with Crippen LogP contribution in [0.25, 0.3) is 0 Å². The standard InChI is InChI=1S/C16H20BrNO2S/c1-4-9-18-14(16-12(17)8-10-21-16)11-6-5-7-13(19-2)15(11)20-3/h5-8,10,14,18H,4,9H2,1-3H3. The highest BCUT2D eigenvalue weighted by molar-refractivity contribution is 9.10. The highest BCUT2D eigenvalue weighted by atomic mass is 79.9. The zero-order chi connectivity index (χ0) is 15.2. The molecule has 21 heavy (non-hydrogen) atoms. The van der Waals surface area contributed by atoms with E-state index in [4.69, 9.17) is 9.47 Å². The van der Waals surface area contributed by atoms with E-state index in [9.17, 15) is 0 Å². The zero-order valence-electron chi connectivity index (χ0n) is 12.5. The van der Waals surface area contributed by atoms with Crippen LogP contribution in [-0.2, 0) is 0 Å². The fourth-order valence-corrected chi connectivity index (χ4v) is 3.98. The lowest BCUT2D eigenvalue weighted by molar-refractivity contribution is 0.349. The van der Waals surface area contributed by atoms with Gasteiger partial charge in [-0.15, -0.1) is 11.3 Å². The van der Waals surface area contributed by atoms with Crippen LogP contribution < -0.4 is 14.8 Å². The van der Waals surface area contributed by atoms with Gasteiger partial charge in [0.15, 0.2) is 11.5 Å². The van der Waals surface area contributed by atoms with Gasteiger partial charge in [-0.05, 0) is 46.4 Å². The van der Waals surface area contributed by atoms with Crippen LogP contribution in [0.5, 0.6) is 11.5 Å². The van der Waals surface area contributed by atoms with Crippen LogP contribution in [0, 0.1) is 0 Å². The number of hydrogen-bond acceptors (Lipinski definition) is 4. The molecule has 0 fully saturated rings. The number of hydrogen-bond donors (Lipinski definition) is 1. The average Bonchev–Trinajstić information content (AvgIpc) is 2.93. The molecule has 1 atom stereocenters. The fraction of sp³-hybridized carbons (Fsp3) is 0.375. The Balaban J connectivity index is 2.49. The largest absolute Gasteiger partial charge is 0.493 e. The second-order valence-corrected chi connectivity index (χ2v) is 6.40. The van der Waals surface area contributed by atoms with Gasteiger partial charge in [0.05, 0.1) is 20.3 Å². The number of ether oxygens (including phenoxy) is 2. The van der Waals surface area contributed by atoms with E-state index in [1.165, 1.54) is 4.88 Å². The smallest absolute Gasteiger partial charge is 0.165 e. The first-order valence-corrected chi connectivity index (χ1v) is 8.57. The van der Waals surface area contributed by atoms with Gasteiger partial charge in [-0.25, -0.2) is 0 Å². The molecule has 0 aliphatic carbocycles. The van der Waals surface area contributed by atoms with Crippen LogP contribution in [0.4, 0.5) is 0 Å². The summed E-state index contributed by atoms with van der Waals surface area (Å²) < 4.78 is 12.1. The second-order valence-electron chi connectivity index (χ2n) is 4.60. The van der Waals surface area contributed by atoms with E-state index in [0.29, 0.717) is 0 Å². The van der Waals surface area contributed by atoms with Gasteiger partial charge < -0.3 is 14.8 Å². The molecule has 2 rings (SSSR count). The number of para-hydroxylation sites is 1. The van der Waals surface area contributed by atoms with E-state index in [1.54, 1.807) is 25.6 Å². The Morgan fingerprint density at radius 3 is 2.62 bits per heavy atom. The summed E-state index contributed by atoms with van der Waals surface area (Å²) in [4.78, 5) is 1.25. The second kappa shape index (κ2) is 7.82. The molecule has 2 aromatic rings. The molecular weight excluding hydrogens is 350 g/mol. The lowest BCUT2D eigenvalue weighted by atomic mass is 10.0. The summed E-state index contributed by atoms with van der Waals surface area (Å²) in [5, 5.41) is 5.69. The van der Waals surface area contributed by atoms with E-state index in [-0.39, 0.29) is 6.04 Å². The van der Waals surface area contributed by atoms with Crippen molar-refractivity contribution in [3.8, 4) is 11.5 Å². The summed E-state index contributed by atoms with van der Waals surface area (Å²) in [6.45, 7) is 3.10. The molecule has 1 heterocycles. The molecule has 0 aliphatic rings. The van der Waals surface area contributed by atoms with Crippen molar-refractivity contribution in [3.05, 3.63) is 44.6 Å². The number of halogens is 1. The van der Waals surface area contributed by atoms with Crippen molar-refractivity contribution in [1.29, 1.82) is 0 Å². The van der Waals surface area contributed by atoms with Gasteiger partial charge in [0.2, 0.25) is 0 Å². The Labute approximate surface area is 138 Å².